The Morgan fingerprint density at radius 1 is 1.09 bits per heavy atom. The molecule has 0 radical (unpaired) electrons. The van der Waals surface area contributed by atoms with Gasteiger partial charge in [-0.25, -0.2) is 4.79 Å². The van der Waals surface area contributed by atoms with Gasteiger partial charge in [-0.2, -0.15) is 0 Å². The van der Waals surface area contributed by atoms with E-state index in [1.165, 1.54) is 0 Å². The standard InChI is InChI=1S/C26H33Cl2NO5/c1-17-13-22(27)24(23(28)14-17)33-12-11-32-20-7-5-18(6-8-20)21-9-10-29(15-19(21)16-30)25(31)34-26(2,3)4/h5-8,13-14,19,21,30H,9-12,15-16H2,1-4H3/t19-,21-/m1/s1. The van der Waals surface area contributed by atoms with Gasteiger partial charge in [-0.15, -0.1) is 0 Å². The molecule has 0 spiro atoms. The van der Waals surface area contributed by atoms with Crippen molar-refractivity contribution >= 4 is 29.3 Å². The highest BCUT2D eigenvalue weighted by Gasteiger charge is 2.34. The molecule has 1 N–H and O–H groups in total. The van der Waals surface area contributed by atoms with E-state index in [0.717, 1.165) is 23.3 Å². The van der Waals surface area contributed by atoms with Crippen LogP contribution < -0.4 is 9.47 Å². The minimum atomic E-state index is -0.540. The zero-order valence-corrected chi connectivity index (χ0v) is 21.7. The van der Waals surface area contributed by atoms with Crippen molar-refractivity contribution < 1.29 is 24.1 Å². The van der Waals surface area contributed by atoms with E-state index in [4.69, 9.17) is 37.4 Å². The van der Waals surface area contributed by atoms with Crippen LogP contribution in [0.25, 0.3) is 0 Å². The molecule has 1 saturated heterocycles. The number of aliphatic hydroxyl groups excluding tert-OH is 1. The molecule has 0 aromatic heterocycles. The van der Waals surface area contributed by atoms with Crippen molar-refractivity contribution in [2.45, 2.75) is 45.6 Å². The van der Waals surface area contributed by atoms with E-state index in [1.54, 1.807) is 17.0 Å². The monoisotopic (exact) mass is 509 g/mol. The lowest BCUT2D eigenvalue weighted by Crippen LogP contribution is -2.46. The maximum atomic E-state index is 12.4. The van der Waals surface area contributed by atoms with Crippen molar-refractivity contribution in [2.75, 3.05) is 32.9 Å². The number of carbonyl (C=O) groups excluding carboxylic acids is 1. The van der Waals surface area contributed by atoms with Crippen LogP contribution in [0.2, 0.25) is 10.0 Å². The summed E-state index contributed by atoms with van der Waals surface area (Å²) in [5.74, 6) is 1.29. The minimum absolute atomic E-state index is 0.00366. The highest BCUT2D eigenvalue weighted by atomic mass is 35.5. The van der Waals surface area contributed by atoms with E-state index in [2.05, 4.69) is 0 Å². The first-order chi connectivity index (χ1) is 16.1. The predicted molar refractivity (Wildman–Crippen MR) is 134 cm³/mol. The van der Waals surface area contributed by atoms with E-state index in [1.807, 2.05) is 52.0 Å². The van der Waals surface area contributed by atoms with Gasteiger partial charge in [0.25, 0.3) is 0 Å². The number of hydrogen-bond acceptors (Lipinski definition) is 5. The number of aryl methyl sites for hydroxylation is 1. The van der Waals surface area contributed by atoms with E-state index in [-0.39, 0.29) is 24.5 Å². The minimum Gasteiger partial charge on any atom is -0.490 e. The summed E-state index contributed by atoms with van der Waals surface area (Å²) in [6.07, 6.45) is 0.430. The number of aliphatic hydroxyl groups is 1. The third kappa shape index (κ3) is 7.17. The fourth-order valence-electron chi connectivity index (χ4n) is 4.09. The highest BCUT2D eigenvalue weighted by Crippen LogP contribution is 2.35. The summed E-state index contributed by atoms with van der Waals surface area (Å²) in [5, 5.41) is 10.9. The van der Waals surface area contributed by atoms with E-state index >= 15 is 0 Å². The highest BCUT2D eigenvalue weighted by molar-refractivity contribution is 6.37. The summed E-state index contributed by atoms with van der Waals surface area (Å²) < 4.78 is 17.0. The predicted octanol–water partition coefficient (Wildman–Crippen LogP) is 6.09. The van der Waals surface area contributed by atoms with Crippen molar-refractivity contribution in [3.63, 3.8) is 0 Å². The first-order valence-electron chi connectivity index (χ1n) is 11.5. The fraction of sp³-hybridized carbons (Fsp3) is 0.500. The molecule has 2 aromatic rings. The molecule has 3 rings (SSSR count). The molecule has 186 valence electrons. The summed E-state index contributed by atoms with van der Waals surface area (Å²) in [6.45, 7) is 9.18. The quantitative estimate of drug-likeness (QED) is 0.457. The number of amides is 1. The SMILES string of the molecule is Cc1cc(Cl)c(OCCOc2ccc([C@H]3CCN(C(=O)OC(C)(C)C)C[C@@H]3CO)cc2)c(Cl)c1. The molecule has 1 heterocycles. The Hall–Kier alpha value is -2.15. The van der Waals surface area contributed by atoms with E-state index in [9.17, 15) is 9.90 Å². The maximum absolute atomic E-state index is 12.4. The Kier molecular flexibility index (Phi) is 8.96. The normalized spacial score (nSPS) is 18.5. The van der Waals surface area contributed by atoms with Crippen LogP contribution in [0.4, 0.5) is 4.79 Å². The Morgan fingerprint density at radius 3 is 2.29 bits per heavy atom. The van der Waals surface area contributed by atoms with Gasteiger partial charge >= 0.3 is 6.09 Å². The second-order valence-corrected chi connectivity index (χ2v) is 10.4. The molecule has 0 bridgehead atoms. The van der Waals surface area contributed by atoms with Gasteiger partial charge in [0, 0.05) is 25.6 Å². The number of halogens is 2. The lowest BCUT2D eigenvalue weighted by atomic mass is 9.81. The number of benzene rings is 2. The molecule has 8 heteroatoms. The van der Waals surface area contributed by atoms with Gasteiger partial charge < -0.3 is 24.2 Å². The number of piperidine rings is 1. The fourth-order valence-corrected chi connectivity index (χ4v) is 4.79. The average Bonchev–Trinajstić information content (AvgIpc) is 2.76. The first kappa shape index (κ1) is 26.5. The maximum Gasteiger partial charge on any atom is 0.410 e. The second-order valence-electron chi connectivity index (χ2n) is 9.59. The molecule has 2 aromatic carbocycles. The summed E-state index contributed by atoms with van der Waals surface area (Å²) in [6, 6.07) is 11.5. The Bertz CT molecular complexity index is 951. The van der Waals surface area contributed by atoms with Gasteiger partial charge in [-0.3, -0.25) is 0 Å². The van der Waals surface area contributed by atoms with Crippen LogP contribution in [0.3, 0.4) is 0 Å². The van der Waals surface area contributed by atoms with Crippen LogP contribution in [0.1, 0.15) is 44.2 Å². The molecule has 1 aliphatic rings. The molecule has 0 aliphatic carbocycles. The topological polar surface area (TPSA) is 68.2 Å². The Morgan fingerprint density at radius 2 is 1.71 bits per heavy atom. The van der Waals surface area contributed by atoms with Crippen molar-refractivity contribution in [3.8, 4) is 11.5 Å². The van der Waals surface area contributed by atoms with Gasteiger partial charge in [-0.05, 0) is 75.4 Å². The second kappa shape index (κ2) is 11.5. The van der Waals surface area contributed by atoms with Crippen LogP contribution >= 0.6 is 23.2 Å². The largest absolute Gasteiger partial charge is 0.490 e. The molecule has 0 unspecified atom stereocenters. The van der Waals surface area contributed by atoms with Crippen molar-refractivity contribution in [1.29, 1.82) is 0 Å². The molecular weight excluding hydrogens is 477 g/mol. The summed E-state index contributed by atoms with van der Waals surface area (Å²) in [7, 11) is 0. The van der Waals surface area contributed by atoms with Crippen LogP contribution in [-0.2, 0) is 4.74 Å². The van der Waals surface area contributed by atoms with Gasteiger partial charge in [0.05, 0.1) is 10.0 Å². The van der Waals surface area contributed by atoms with Gasteiger partial charge in [0.2, 0.25) is 0 Å². The van der Waals surface area contributed by atoms with Gasteiger partial charge in [0.15, 0.2) is 5.75 Å². The third-order valence-electron chi connectivity index (χ3n) is 5.67. The first-order valence-corrected chi connectivity index (χ1v) is 12.2. The van der Waals surface area contributed by atoms with Gasteiger partial charge in [-0.1, -0.05) is 35.3 Å². The van der Waals surface area contributed by atoms with E-state index < -0.39 is 5.60 Å². The Balaban J connectivity index is 1.51. The molecule has 2 atom stereocenters. The van der Waals surface area contributed by atoms with Gasteiger partial charge in [0.1, 0.15) is 24.6 Å². The number of hydrogen-bond donors (Lipinski definition) is 1. The van der Waals surface area contributed by atoms with E-state index in [0.29, 0.717) is 42.1 Å². The van der Waals surface area contributed by atoms with Crippen LogP contribution in [0.5, 0.6) is 11.5 Å². The van der Waals surface area contributed by atoms with Crippen LogP contribution in [0.15, 0.2) is 36.4 Å². The lowest BCUT2D eigenvalue weighted by Gasteiger charge is -2.38. The number of carbonyl (C=O) groups is 1. The molecule has 1 amide bonds. The summed E-state index contributed by atoms with van der Waals surface area (Å²) in [4.78, 5) is 14.1. The number of nitrogens with zero attached hydrogens (tertiary/aromatic N) is 1. The van der Waals surface area contributed by atoms with Crippen LogP contribution in [0, 0.1) is 12.8 Å². The Labute approximate surface area is 211 Å². The number of rotatable bonds is 7. The smallest absolute Gasteiger partial charge is 0.410 e. The molecule has 1 aliphatic heterocycles. The summed E-state index contributed by atoms with van der Waals surface area (Å²) >= 11 is 12.4. The molecule has 1 fully saturated rings. The van der Waals surface area contributed by atoms with Crippen molar-refractivity contribution in [1.82, 2.24) is 4.90 Å². The molecule has 34 heavy (non-hydrogen) atoms. The lowest BCUT2D eigenvalue weighted by molar-refractivity contribution is 0.0102. The average molecular weight is 510 g/mol. The van der Waals surface area contributed by atoms with Crippen molar-refractivity contribution in [2.24, 2.45) is 5.92 Å². The zero-order valence-electron chi connectivity index (χ0n) is 20.1. The zero-order chi connectivity index (χ0) is 24.9. The number of ether oxygens (including phenoxy) is 3. The molecular formula is C26H33Cl2NO5. The summed E-state index contributed by atoms with van der Waals surface area (Å²) in [5.41, 5.74) is 1.55. The van der Waals surface area contributed by atoms with Crippen LogP contribution in [-0.4, -0.2) is 54.6 Å². The van der Waals surface area contributed by atoms with Crippen molar-refractivity contribution in [3.05, 3.63) is 57.6 Å². The molecule has 6 nitrogen and oxygen atoms in total. The third-order valence-corrected chi connectivity index (χ3v) is 6.23. The number of likely N-dealkylation sites (tertiary alicyclic amines) is 1. The molecule has 0 saturated carbocycles.